The Kier molecular flexibility index (Phi) is 5.67. The van der Waals surface area contributed by atoms with Gasteiger partial charge in [-0.2, -0.15) is 4.68 Å². The second-order valence-electron chi connectivity index (χ2n) is 7.70. The molecule has 4 rings (SSSR count). The monoisotopic (exact) mass is 400 g/mol. The number of hydrogen-bond donors (Lipinski definition) is 1. The second-order valence-corrected chi connectivity index (χ2v) is 8.13. The van der Waals surface area contributed by atoms with E-state index in [2.05, 4.69) is 15.3 Å². The van der Waals surface area contributed by atoms with Gasteiger partial charge in [-0.15, -0.1) is 5.10 Å². The Bertz CT molecular complexity index is 907. The van der Waals surface area contributed by atoms with Crippen molar-refractivity contribution < 1.29 is 4.79 Å². The van der Waals surface area contributed by atoms with Gasteiger partial charge in [0.05, 0.1) is 11.6 Å². The molecule has 2 fully saturated rings. The molecule has 148 valence electrons. The zero-order valence-corrected chi connectivity index (χ0v) is 16.6. The van der Waals surface area contributed by atoms with Crippen molar-refractivity contribution in [3.05, 3.63) is 51.8 Å². The number of aromatic nitrogens is 2. The van der Waals surface area contributed by atoms with Crippen LogP contribution in [0.3, 0.4) is 0 Å². The van der Waals surface area contributed by atoms with Crippen LogP contribution in [0.15, 0.2) is 41.2 Å². The van der Waals surface area contributed by atoms with Gasteiger partial charge in [0.25, 0.3) is 5.56 Å². The van der Waals surface area contributed by atoms with Gasteiger partial charge in [-0.1, -0.05) is 30.5 Å². The van der Waals surface area contributed by atoms with Crippen LogP contribution in [0, 0.1) is 5.92 Å². The highest BCUT2D eigenvalue weighted by atomic mass is 35.5. The van der Waals surface area contributed by atoms with E-state index in [-0.39, 0.29) is 17.4 Å². The number of carbonyl (C=O) groups is 1. The van der Waals surface area contributed by atoms with E-state index in [1.54, 1.807) is 30.3 Å². The summed E-state index contributed by atoms with van der Waals surface area (Å²) < 4.78 is 1.36. The molecule has 1 aromatic heterocycles. The maximum atomic E-state index is 12.7. The number of halogens is 1. The number of benzene rings is 1. The van der Waals surface area contributed by atoms with E-state index in [1.807, 2.05) is 0 Å². The minimum atomic E-state index is -0.210. The number of nitrogens with one attached hydrogen (secondary N) is 1. The van der Waals surface area contributed by atoms with Gasteiger partial charge in [0.15, 0.2) is 0 Å². The SMILES string of the molecule is O=C(NC1CCCC1)[C@H]1CCCN(c2ccc(=O)n(-c3cccc(Cl)c3)n2)C1. The summed E-state index contributed by atoms with van der Waals surface area (Å²) in [5.41, 5.74) is 0.422. The highest BCUT2D eigenvalue weighted by molar-refractivity contribution is 6.30. The lowest BCUT2D eigenvalue weighted by molar-refractivity contribution is -0.125. The standard InChI is InChI=1S/C21H25ClN4O2/c22-16-6-3-9-18(13-16)26-20(27)11-10-19(24-26)25-12-4-5-15(14-25)21(28)23-17-7-1-2-8-17/h3,6,9-11,13,15,17H,1-2,4-5,7-8,12,14H2,(H,23,28)/t15-/m0/s1. The molecule has 0 unspecified atom stereocenters. The number of hydrogen-bond acceptors (Lipinski definition) is 4. The Hall–Kier alpha value is -2.34. The Morgan fingerprint density at radius 3 is 2.71 bits per heavy atom. The molecule has 0 bridgehead atoms. The van der Waals surface area contributed by atoms with Crippen LogP contribution in [-0.4, -0.2) is 34.8 Å². The van der Waals surface area contributed by atoms with E-state index >= 15 is 0 Å². The third-order valence-electron chi connectivity index (χ3n) is 5.66. The van der Waals surface area contributed by atoms with Crippen molar-refractivity contribution in [3.8, 4) is 5.69 Å². The summed E-state index contributed by atoms with van der Waals surface area (Å²) in [5, 5.41) is 8.32. The fraction of sp³-hybridized carbons (Fsp3) is 0.476. The van der Waals surface area contributed by atoms with E-state index in [0.717, 1.165) is 32.2 Å². The Morgan fingerprint density at radius 2 is 1.93 bits per heavy atom. The average molecular weight is 401 g/mol. The largest absolute Gasteiger partial charge is 0.354 e. The summed E-state index contributed by atoms with van der Waals surface area (Å²) >= 11 is 6.06. The van der Waals surface area contributed by atoms with Gasteiger partial charge in [0.2, 0.25) is 5.91 Å². The minimum absolute atomic E-state index is 0.0392. The van der Waals surface area contributed by atoms with Crippen molar-refractivity contribution in [2.24, 2.45) is 5.92 Å². The van der Waals surface area contributed by atoms with Crippen LogP contribution < -0.4 is 15.8 Å². The predicted octanol–water partition coefficient (Wildman–Crippen LogP) is 3.16. The number of anilines is 1. The molecule has 1 saturated heterocycles. The fourth-order valence-electron chi connectivity index (χ4n) is 4.15. The summed E-state index contributed by atoms with van der Waals surface area (Å²) in [6.45, 7) is 1.45. The summed E-state index contributed by atoms with van der Waals surface area (Å²) in [6.07, 6.45) is 6.42. The van der Waals surface area contributed by atoms with Crippen molar-refractivity contribution in [2.75, 3.05) is 18.0 Å². The first-order valence-electron chi connectivity index (χ1n) is 10.0. The molecule has 1 amide bonds. The Balaban J connectivity index is 1.51. The van der Waals surface area contributed by atoms with Crippen LogP contribution in [0.4, 0.5) is 5.82 Å². The van der Waals surface area contributed by atoms with E-state index in [1.165, 1.54) is 23.6 Å². The Morgan fingerprint density at radius 1 is 1.11 bits per heavy atom. The van der Waals surface area contributed by atoms with Crippen LogP contribution in [0.5, 0.6) is 0 Å². The van der Waals surface area contributed by atoms with Crippen LogP contribution >= 0.6 is 11.6 Å². The fourth-order valence-corrected chi connectivity index (χ4v) is 4.34. The summed E-state index contributed by atoms with van der Waals surface area (Å²) in [4.78, 5) is 27.1. The van der Waals surface area contributed by atoms with Crippen molar-refractivity contribution in [2.45, 2.75) is 44.6 Å². The first-order valence-corrected chi connectivity index (χ1v) is 10.4. The molecule has 2 heterocycles. The molecule has 1 aliphatic carbocycles. The van der Waals surface area contributed by atoms with Crippen LogP contribution in [-0.2, 0) is 4.79 Å². The van der Waals surface area contributed by atoms with Gasteiger partial charge in [0.1, 0.15) is 5.82 Å². The van der Waals surface area contributed by atoms with Gasteiger partial charge in [-0.25, -0.2) is 0 Å². The van der Waals surface area contributed by atoms with Gasteiger partial charge >= 0.3 is 0 Å². The number of carbonyl (C=O) groups excluding carboxylic acids is 1. The van der Waals surface area contributed by atoms with Crippen molar-refractivity contribution in [1.29, 1.82) is 0 Å². The average Bonchev–Trinajstić information content (AvgIpc) is 3.21. The molecule has 1 N–H and O–H groups in total. The zero-order valence-electron chi connectivity index (χ0n) is 15.8. The quantitative estimate of drug-likeness (QED) is 0.856. The van der Waals surface area contributed by atoms with Crippen LogP contribution in [0.1, 0.15) is 38.5 Å². The molecule has 1 atom stereocenters. The molecule has 1 aliphatic heterocycles. The second kappa shape index (κ2) is 8.35. The maximum Gasteiger partial charge on any atom is 0.271 e. The number of piperidine rings is 1. The minimum Gasteiger partial charge on any atom is -0.354 e. The number of rotatable bonds is 4. The number of amides is 1. The van der Waals surface area contributed by atoms with E-state index in [0.29, 0.717) is 29.1 Å². The lowest BCUT2D eigenvalue weighted by Gasteiger charge is -2.33. The molecule has 0 radical (unpaired) electrons. The maximum absolute atomic E-state index is 12.7. The molecular formula is C21H25ClN4O2. The van der Waals surface area contributed by atoms with Crippen molar-refractivity contribution >= 4 is 23.3 Å². The lowest BCUT2D eigenvalue weighted by atomic mass is 9.96. The third-order valence-corrected chi connectivity index (χ3v) is 5.89. The topological polar surface area (TPSA) is 67.2 Å². The molecule has 2 aromatic rings. The highest BCUT2D eigenvalue weighted by Crippen LogP contribution is 2.23. The lowest BCUT2D eigenvalue weighted by Crippen LogP contribution is -2.46. The first kappa shape index (κ1) is 19.0. The van der Waals surface area contributed by atoms with Gasteiger partial charge in [0, 0.05) is 30.2 Å². The van der Waals surface area contributed by atoms with E-state index < -0.39 is 0 Å². The predicted molar refractivity (Wildman–Crippen MR) is 110 cm³/mol. The number of nitrogens with zero attached hydrogens (tertiary/aromatic N) is 3. The molecule has 1 aromatic carbocycles. The van der Waals surface area contributed by atoms with Gasteiger partial charge in [-0.3, -0.25) is 9.59 Å². The molecule has 28 heavy (non-hydrogen) atoms. The van der Waals surface area contributed by atoms with Crippen molar-refractivity contribution in [3.63, 3.8) is 0 Å². The molecular weight excluding hydrogens is 376 g/mol. The smallest absolute Gasteiger partial charge is 0.271 e. The zero-order chi connectivity index (χ0) is 19.5. The Labute approximate surface area is 169 Å². The summed E-state index contributed by atoms with van der Waals surface area (Å²) in [7, 11) is 0. The molecule has 6 nitrogen and oxygen atoms in total. The third kappa shape index (κ3) is 4.22. The molecule has 7 heteroatoms. The molecule has 1 saturated carbocycles. The molecule has 0 spiro atoms. The van der Waals surface area contributed by atoms with Crippen LogP contribution in [0.25, 0.3) is 5.69 Å². The summed E-state index contributed by atoms with van der Waals surface area (Å²) in [6, 6.07) is 10.7. The van der Waals surface area contributed by atoms with E-state index in [9.17, 15) is 9.59 Å². The van der Waals surface area contributed by atoms with Gasteiger partial charge in [-0.05, 0) is 49.9 Å². The van der Waals surface area contributed by atoms with E-state index in [4.69, 9.17) is 11.6 Å². The van der Waals surface area contributed by atoms with Gasteiger partial charge < -0.3 is 10.2 Å². The molecule has 2 aliphatic rings. The van der Waals surface area contributed by atoms with Crippen molar-refractivity contribution in [1.82, 2.24) is 15.1 Å². The first-order chi connectivity index (χ1) is 13.6. The highest BCUT2D eigenvalue weighted by Gasteiger charge is 2.29. The normalized spacial score (nSPS) is 20.3. The summed E-state index contributed by atoms with van der Waals surface area (Å²) in [5.74, 6) is 0.820. The van der Waals surface area contributed by atoms with Crippen LogP contribution in [0.2, 0.25) is 5.02 Å².